The maximum atomic E-state index is 12.1. The summed E-state index contributed by atoms with van der Waals surface area (Å²) in [5, 5.41) is 2.00. The van der Waals surface area contributed by atoms with E-state index in [1.807, 2.05) is 17.9 Å². The molecule has 0 saturated carbocycles. The number of nitrogens with zero attached hydrogens (tertiary/aromatic N) is 3. The number of aromatic nitrogens is 1. The summed E-state index contributed by atoms with van der Waals surface area (Å²) >= 11 is 1.57. The summed E-state index contributed by atoms with van der Waals surface area (Å²) in [6.07, 6.45) is 4.21. The Labute approximate surface area is 119 Å². The fourth-order valence-corrected chi connectivity index (χ4v) is 3.08. The topological polar surface area (TPSA) is 36.4 Å². The number of hydrogen-bond donors (Lipinski definition) is 0. The van der Waals surface area contributed by atoms with Crippen LogP contribution < -0.4 is 0 Å². The lowest BCUT2D eigenvalue weighted by atomic mass is 10.1. The molecule has 4 nitrogen and oxygen atoms in total. The number of likely N-dealkylation sites (tertiary alicyclic amines) is 1. The molecule has 1 aliphatic heterocycles. The van der Waals surface area contributed by atoms with Crippen LogP contribution in [0.3, 0.4) is 0 Å². The van der Waals surface area contributed by atoms with Crippen LogP contribution in [0.2, 0.25) is 0 Å². The third-order valence-electron chi connectivity index (χ3n) is 3.85. The van der Waals surface area contributed by atoms with E-state index in [0.29, 0.717) is 19.0 Å². The Morgan fingerprint density at radius 2 is 2.26 bits per heavy atom. The molecule has 0 spiro atoms. The van der Waals surface area contributed by atoms with E-state index >= 15 is 0 Å². The second kappa shape index (κ2) is 7.01. The molecule has 0 radical (unpaired) electrons. The molecule has 0 bridgehead atoms. The Hall–Kier alpha value is -0.940. The molecule has 2 rings (SSSR count). The molecule has 1 saturated heterocycles. The molecule has 0 unspecified atom stereocenters. The minimum atomic E-state index is 0.221. The zero-order chi connectivity index (χ0) is 13.7. The van der Waals surface area contributed by atoms with Gasteiger partial charge in [-0.15, -0.1) is 11.3 Å². The van der Waals surface area contributed by atoms with Gasteiger partial charge < -0.3 is 9.80 Å². The summed E-state index contributed by atoms with van der Waals surface area (Å²) in [5.74, 6) is 0.221. The number of amides is 1. The Bertz CT molecular complexity index is 387. The van der Waals surface area contributed by atoms with Gasteiger partial charge in [0.2, 0.25) is 5.91 Å². The van der Waals surface area contributed by atoms with E-state index < -0.39 is 0 Å². The first-order chi connectivity index (χ1) is 9.16. The molecule has 106 valence electrons. The highest BCUT2D eigenvalue weighted by atomic mass is 32.1. The van der Waals surface area contributed by atoms with Gasteiger partial charge in [-0.3, -0.25) is 4.79 Å². The first-order valence-corrected chi connectivity index (χ1v) is 7.96. The lowest BCUT2D eigenvalue weighted by Crippen LogP contribution is -2.32. The third-order valence-corrected chi connectivity index (χ3v) is 4.48. The van der Waals surface area contributed by atoms with Gasteiger partial charge in [0.15, 0.2) is 0 Å². The summed E-state index contributed by atoms with van der Waals surface area (Å²) in [6.45, 7) is 5.26. The van der Waals surface area contributed by atoms with Crippen LogP contribution in [0.25, 0.3) is 0 Å². The van der Waals surface area contributed by atoms with Crippen LogP contribution in [0.5, 0.6) is 0 Å². The normalized spacial score (nSPS) is 17.6. The minimum Gasteiger partial charge on any atom is -0.340 e. The lowest BCUT2D eigenvalue weighted by molar-refractivity contribution is -0.130. The Morgan fingerprint density at radius 3 is 2.89 bits per heavy atom. The highest BCUT2D eigenvalue weighted by molar-refractivity contribution is 7.07. The average Bonchev–Trinajstić information content (AvgIpc) is 3.07. The first kappa shape index (κ1) is 14.5. The minimum absolute atomic E-state index is 0.221. The van der Waals surface area contributed by atoms with Crippen LogP contribution in [0.4, 0.5) is 0 Å². The summed E-state index contributed by atoms with van der Waals surface area (Å²) in [4.78, 5) is 20.6. The summed E-state index contributed by atoms with van der Waals surface area (Å²) in [7, 11) is 1.86. The fourth-order valence-electron chi connectivity index (χ4n) is 2.53. The molecule has 1 aliphatic rings. The largest absolute Gasteiger partial charge is 0.340 e. The SMILES string of the molecule is C[C@@H](CCC(=O)N(C)Cc1cscn1)N1CCCC1. The maximum absolute atomic E-state index is 12.1. The third kappa shape index (κ3) is 4.28. The fraction of sp³-hybridized carbons (Fsp3) is 0.714. The lowest BCUT2D eigenvalue weighted by Gasteiger charge is -2.24. The Morgan fingerprint density at radius 1 is 1.53 bits per heavy atom. The molecule has 5 heteroatoms. The zero-order valence-corrected chi connectivity index (χ0v) is 12.7. The molecule has 0 N–H and O–H groups in total. The average molecular weight is 281 g/mol. The van der Waals surface area contributed by atoms with Gasteiger partial charge in [-0.25, -0.2) is 4.98 Å². The zero-order valence-electron chi connectivity index (χ0n) is 11.8. The molecule has 0 aromatic carbocycles. The molecule has 0 aliphatic carbocycles. The molecule has 2 heterocycles. The summed E-state index contributed by atoms with van der Waals surface area (Å²) in [6, 6.07) is 0.527. The van der Waals surface area contributed by atoms with E-state index in [-0.39, 0.29) is 5.91 Å². The van der Waals surface area contributed by atoms with Crippen LogP contribution >= 0.6 is 11.3 Å². The van der Waals surface area contributed by atoms with E-state index in [9.17, 15) is 4.79 Å². The van der Waals surface area contributed by atoms with Gasteiger partial charge >= 0.3 is 0 Å². The van der Waals surface area contributed by atoms with Crippen LogP contribution in [-0.2, 0) is 11.3 Å². The van der Waals surface area contributed by atoms with Gasteiger partial charge in [0.05, 0.1) is 17.7 Å². The van der Waals surface area contributed by atoms with Gasteiger partial charge in [0, 0.05) is 24.9 Å². The van der Waals surface area contributed by atoms with E-state index in [1.165, 1.54) is 25.9 Å². The molecule has 1 aromatic rings. The van der Waals surface area contributed by atoms with Crippen molar-refractivity contribution < 1.29 is 4.79 Å². The van der Waals surface area contributed by atoms with Gasteiger partial charge in [-0.05, 0) is 39.3 Å². The van der Waals surface area contributed by atoms with Crippen molar-refractivity contribution in [1.29, 1.82) is 0 Å². The van der Waals surface area contributed by atoms with E-state index in [2.05, 4.69) is 16.8 Å². The van der Waals surface area contributed by atoms with Crippen LogP contribution in [0, 0.1) is 0 Å². The summed E-state index contributed by atoms with van der Waals surface area (Å²) in [5.41, 5.74) is 2.79. The molecule has 19 heavy (non-hydrogen) atoms. The van der Waals surface area contributed by atoms with Crippen molar-refractivity contribution in [3.63, 3.8) is 0 Å². The molecular weight excluding hydrogens is 258 g/mol. The molecule has 1 aromatic heterocycles. The van der Waals surface area contributed by atoms with Crippen molar-refractivity contribution in [2.45, 2.75) is 45.2 Å². The number of thiazole rings is 1. The number of hydrogen-bond acceptors (Lipinski definition) is 4. The van der Waals surface area contributed by atoms with Gasteiger partial charge in [-0.1, -0.05) is 0 Å². The summed E-state index contributed by atoms with van der Waals surface area (Å²) < 4.78 is 0. The second-order valence-electron chi connectivity index (χ2n) is 5.36. The molecule has 1 atom stereocenters. The Balaban J connectivity index is 1.71. The molecule has 1 fully saturated rings. The van der Waals surface area contributed by atoms with Crippen molar-refractivity contribution >= 4 is 17.2 Å². The van der Waals surface area contributed by atoms with Crippen molar-refractivity contribution in [2.24, 2.45) is 0 Å². The van der Waals surface area contributed by atoms with Gasteiger partial charge in [0.25, 0.3) is 0 Å². The monoisotopic (exact) mass is 281 g/mol. The van der Waals surface area contributed by atoms with Crippen molar-refractivity contribution in [3.05, 3.63) is 16.6 Å². The van der Waals surface area contributed by atoms with Crippen molar-refractivity contribution in [3.8, 4) is 0 Å². The van der Waals surface area contributed by atoms with Crippen molar-refractivity contribution in [2.75, 3.05) is 20.1 Å². The standard InChI is InChI=1S/C14H23N3OS/c1-12(17-7-3-4-8-17)5-6-14(18)16(2)9-13-10-19-11-15-13/h10-12H,3-9H2,1-2H3/t12-/m0/s1. The molecule has 1 amide bonds. The van der Waals surface area contributed by atoms with Gasteiger partial charge in [-0.2, -0.15) is 0 Å². The number of carbonyl (C=O) groups is 1. The van der Waals surface area contributed by atoms with Gasteiger partial charge in [0.1, 0.15) is 0 Å². The predicted octanol–water partition coefficient (Wildman–Crippen LogP) is 2.37. The van der Waals surface area contributed by atoms with E-state index in [4.69, 9.17) is 0 Å². The molecular formula is C14H23N3OS. The first-order valence-electron chi connectivity index (χ1n) is 7.02. The second-order valence-corrected chi connectivity index (χ2v) is 6.08. The van der Waals surface area contributed by atoms with Crippen molar-refractivity contribution in [1.82, 2.24) is 14.8 Å². The van der Waals surface area contributed by atoms with Crippen LogP contribution in [0.1, 0.15) is 38.3 Å². The quantitative estimate of drug-likeness (QED) is 0.803. The number of carbonyl (C=O) groups excluding carboxylic acids is 1. The highest BCUT2D eigenvalue weighted by Gasteiger charge is 2.19. The predicted molar refractivity (Wildman–Crippen MR) is 78.1 cm³/mol. The van der Waals surface area contributed by atoms with E-state index in [0.717, 1.165) is 12.1 Å². The number of rotatable bonds is 6. The maximum Gasteiger partial charge on any atom is 0.222 e. The van der Waals surface area contributed by atoms with Crippen LogP contribution in [-0.4, -0.2) is 46.9 Å². The Kier molecular flexibility index (Phi) is 5.34. The van der Waals surface area contributed by atoms with E-state index in [1.54, 1.807) is 16.2 Å². The highest BCUT2D eigenvalue weighted by Crippen LogP contribution is 2.15. The van der Waals surface area contributed by atoms with Crippen LogP contribution in [0.15, 0.2) is 10.9 Å². The smallest absolute Gasteiger partial charge is 0.222 e.